The second-order valence-corrected chi connectivity index (χ2v) is 7.72. The number of aliphatic hydroxyl groups excluding tert-OH is 1. The van der Waals surface area contributed by atoms with Crippen molar-refractivity contribution in [3.05, 3.63) is 11.1 Å². The third kappa shape index (κ3) is 3.77. The van der Waals surface area contributed by atoms with Gasteiger partial charge in [-0.3, -0.25) is 9.69 Å². The predicted octanol–water partition coefficient (Wildman–Crippen LogP) is 1.80. The number of nitrogens with zero attached hydrogens (tertiary/aromatic N) is 2. The average molecular weight is 327 g/mol. The number of aliphatic hydroxyl groups is 1. The highest BCUT2D eigenvalue weighted by Gasteiger charge is 2.48. The van der Waals surface area contributed by atoms with E-state index < -0.39 is 17.5 Å². The molecule has 2 rings (SSSR count). The van der Waals surface area contributed by atoms with Gasteiger partial charge in [0, 0.05) is 30.7 Å². The second-order valence-electron chi connectivity index (χ2n) is 6.57. The van der Waals surface area contributed by atoms with Crippen molar-refractivity contribution in [1.82, 2.24) is 9.88 Å². The molecule has 0 spiro atoms. The van der Waals surface area contributed by atoms with Crippen molar-refractivity contribution in [2.45, 2.75) is 45.8 Å². The van der Waals surface area contributed by atoms with Gasteiger partial charge in [0.05, 0.1) is 6.10 Å². The Labute approximate surface area is 135 Å². The number of nitrogens with two attached hydrogens (primary N) is 1. The number of aromatic nitrogens is 1. The molecule has 124 valence electrons. The molecule has 7 heteroatoms. The monoisotopic (exact) mass is 327 g/mol. The SMILES string of the molecule is CC(C)CC[C@@]1(C(=O)O)CN(Cc2cnc(N)s2)CC[C@H]1O. The molecule has 6 nitrogen and oxygen atoms in total. The Morgan fingerprint density at radius 1 is 1.64 bits per heavy atom. The van der Waals surface area contributed by atoms with Gasteiger partial charge in [-0.15, -0.1) is 11.3 Å². The molecular weight excluding hydrogens is 302 g/mol. The number of hydrogen-bond acceptors (Lipinski definition) is 6. The molecule has 0 saturated carbocycles. The number of anilines is 1. The van der Waals surface area contributed by atoms with E-state index >= 15 is 0 Å². The fraction of sp³-hybridized carbons (Fsp3) is 0.733. The van der Waals surface area contributed by atoms with Crippen LogP contribution in [0.1, 0.15) is 38.0 Å². The van der Waals surface area contributed by atoms with Gasteiger partial charge < -0.3 is 15.9 Å². The van der Waals surface area contributed by atoms with Gasteiger partial charge >= 0.3 is 5.97 Å². The van der Waals surface area contributed by atoms with Crippen molar-refractivity contribution in [2.24, 2.45) is 11.3 Å². The van der Waals surface area contributed by atoms with Gasteiger partial charge in [-0.05, 0) is 25.2 Å². The first kappa shape index (κ1) is 17.2. The van der Waals surface area contributed by atoms with Crippen LogP contribution in [-0.4, -0.2) is 45.3 Å². The summed E-state index contributed by atoms with van der Waals surface area (Å²) in [6, 6.07) is 0. The molecule has 0 aliphatic carbocycles. The highest BCUT2D eigenvalue weighted by molar-refractivity contribution is 7.15. The normalized spacial score (nSPS) is 26.5. The maximum absolute atomic E-state index is 11.9. The summed E-state index contributed by atoms with van der Waals surface area (Å²) in [7, 11) is 0. The van der Waals surface area contributed by atoms with Crippen LogP contribution in [-0.2, 0) is 11.3 Å². The van der Waals surface area contributed by atoms with Crippen molar-refractivity contribution in [3.63, 3.8) is 0 Å². The predicted molar refractivity (Wildman–Crippen MR) is 86.6 cm³/mol. The van der Waals surface area contributed by atoms with E-state index in [1.54, 1.807) is 6.20 Å². The number of carboxylic acids is 1. The summed E-state index contributed by atoms with van der Waals surface area (Å²) < 4.78 is 0. The fourth-order valence-electron chi connectivity index (χ4n) is 3.02. The van der Waals surface area contributed by atoms with Gasteiger partial charge in [-0.2, -0.15) is 0 Å². The molecule has 0 amide bonds. The first-order chi connectivity index (χ1) is 10.3. The lowest BCUT2D eigenvalue weighted by molar-refractivity contribution is -0.165. The van der Waals surface area contributed by atoms with Crippen LogP contribution in [0.2, 0.25) is 0 Å². The Kier molecular flexibility index (Phi) is 5.41. The van der Waals surface area contributed by atoms with Crippen molar-refractivity contribution in [2.75, 3.05) is 18.8 Å². The Balaban J connectivity index is 2.11. The first-order valence-electron chi connectivity index (χ1n) is 7.67. The summed E-state index contributed by atoms with van der Waals surface area (Å²) in [6.45, 7) is 5.84. The third-order valence-corrected chi connectivity index (χ3v) is 5.22. The van der Waals surface area contributed by atoms with Gasteiger partial charge in [0.25, 0.3) is 0 Å². The summed E-state index contributed by atoms with van der Waals surface area (Å²) in [5.74, 6) is -0.478. The zero-order chi connectivity index (χ0) is 16.3. The largest absolute Gasteiger partial charge is 0.481 e. The highest BCUT2D eigenvalue weighted by Crippen LogP contribution is 2.37. The summed E-state index contributed by atoms with van der Waals surface area (Å²) >= 11 is 1.42. The van der Waals surface area contributed by atoms with Crippen LogP contribution in [0.25, 0.3) is 0 Å². The molecule has 1 saturated heterocycles. The summed E-state index contributed by atoms with van der Waals surface area (Å²) in [4.78, 5) is 19.0. The number of likely N-dealkylation sites (tertiary alicyclic amines) is 1. The van der Waals surface area contributed by atoms with E-state index in [1.165, 1.54) is 11.3 Å². The highest BCUT2D eigenvalue weighted by atomic mass is 32.1. The minimum atomic E-state index is -1.07. The molecule has 2 heterocycles. The molecule has 1 aliphatic rings. The maximum atomic E-state index is 11.9. The fourth-order valence-corrected chi connectivity index (χ4v) is 3.75. The number of carboxylic acid groups (broad SMARTS) is 1. The smallest absolute Gasteiger partial charge is 0.313 e. The molecule has 1 aromatic heterocycles. The van der Waals surface area contributed by atoms with Crippen LogP contribution in [0.3, 0.4) is 0 Å². The van der Waals surface area contributed by atoms with Gasteiger partial charge in [0.1, 0.15) is 5.41 Å². The minimum Gasteiger partial charge on any atom is -0.481 e. The molecule has 1 aliphatic heterocycles. The third-order valence-electron chi connectivity index (χ3n) is 4.41. The average Bonchev–Trinajstić information content (AvgIpc) is 2.84. The first-order valence-corrected chi connectivity index (χ1v) is 8.49. The molecule has 1 fully saturated rings. The number of hydrogen-bond donors (Lipinski definition) is 3. The van der Waals surface area contributed by atoms with Gasteiger partial charge in [0.15, 0.2) is 5.13 Å². The van der Waals surface area contributed by atoms with E-state index in [9.17, 15) is 15.0 Å². The van der Waals surface area contributed by atoms with Crippen LogP contribution < -0.4 is 5.73 Å². The number of piperidine rings is 1. The van der Waals surface area contributed by atoms with E-state index in [0.29, 0.717) is 43.5 Å². The molecule has 2 atom stereocenters. The van der Waals surface area contributed by atoms with E-state index in [-0.39, 0.29) is 0 Å². The van der Waals surface area contributed by atoms with Crippen molar-refractivity contribution < 1.29 is 15.0 Å². The standard InChI is InChI=1S/C15H25N3O3S/c1-10(2)3-5-15(13(20)21)9-18(6-4-12(15)19)8-11-7-17-14(16)22-11/h7,10,12,19H,3-6,8-9H2,1-2H3,(H2,16,17)(H,20,21)/t12-,15-/m1/s1. The number of nitrogen functional groups attached to an aromatic ring is 1. The van der Waals surface area contributed by atoms with Crippen molar-refractivity contribution in [1.29, 1.82) is 0 Å². The van der Waals surface area contributed by atoms with Crippen molar-refractivity contribution in [3.8, 4) is 0 Å². The van der Waals surface area contributed by atoms with Crippen LogP contribution in [0.5, 0.6) is 0 Å². The number of thiazole rings is 1. The van der Waals surface area contributed by atoms with Gasteiger partial charge in [0.2, 0.25) is 0 Å². The van der Waals surface area contributed by atoms with Gasteiger partial charge in [-0.25, -0.2) is 4.98 Å². The second kappa shape index (κ2) is 6.93. The summed E-state index contributed by atoms with van der Waals surface area (Å²) in [5.41, 5.74) is 4.57. The van der Waals surface area contributed by atoms with Gasteiger partial charge in [-0.1, -0.05) is 13.8 Å². The Bertz CT molecular complexity index is 520. The molecule has 4 N–H and O–H groups in total. The lowest BCUT2D eigenvalue weighted by atomic mass is 9.73. The summed E-state index contributed by atoms with van der Waals surface area (Å²) in [6.07, 6.45) is 2.74. The van der Waals surface area contributed by atoms with Crippen molar-refractivity contribution >= 4 is 22.4 Å². The summed E-state index contributed by atoms with van der Waals surface area (Å²) in [5, 5.41) is 20.6. The Hall–Kier alpha value is -1.18. The van der Waals surface area contributed by atoms with E-state index in [1.807, 2.05) is 0 Å². The zero-order valence-electron chi connectivity index (χ0n) is 13.2. The molecule has 0 bridgehead atoms. The lowest BCUT2D eigenvalue weighted by Crippen LogP contribution is -2.55. The molecule has 0 aromatic carbocycles. The number of rotatable bonds is 6. The maximum Gasteiger partial charge on any atom is 0.313 e. The zero-order valence-corrected chi connectivity index (χ0v) is 14.0. The van der Waals surface area contributed by atoms with E-state index in [0.717, 1.165) is 11.3 Å². The molecule has 0 unspecified atom stereocenters. The molecule has 0 radical (unpaired) electrons. The molecular formula is C15H25N3O3S. The number of aliphatic carboxylic acids is 1. The van der Waals surface area contributed by atoms with E-state index in [4.69, 9.17) is 5.73 Å². The minimum absolute atomic E-state index is 0.369. The van der Waals surface area contributed by atoms with Crippen LogP contribution in [0.4, 0.5) is 5.13 Å². The number of carbonyl (C=O) groups is 1. The topological polar surface area (TPSA) is 99.7 Å². The van der Waals surface area contributed by atoms with Crippen LogP contribution in [0, 0.1) is 11.3 Å². The lowest BCUT2D eigenvalue weighted by Gasteiger charge is -2.43. The van der Waals surface area contributed by atoms with E-state index in [2.05, 4.69) is 23.7 Å². The quantitative estimate of drug-likeness (QED) is 0.737. The Morgan fingerprint density at radius 3 is 2.91 bits per heavy atom. The Morgan fingerprint density at radius 2 is 2.36 bits per heavy atom. The van der Waals surface area contributed by atoms with Crippen LogP contribution in [0.15, 0.2) is 6.20 Å². The van der Waals surface area contributed by atoms with Crippen LogP contribution >= 0.6 is 11.3 Å². The molecule has 1 aromatic rings. The molecule has 22 heavy (non-hydrogen) atoms.